The van der Waals surface area contributed by atoms with E-state index in [2.05, 4.69) is 20.6 Å². The number of amides is 1. The SMILES string of the molecule is CCC(=O)[C@H](C)C[C@@](C)(OC)[C@H](O[C@@H]1O[C@H](C)C[C@H](NCCc2cn([C@H](CF)Cc3ccc(-c4cccnc4)cc3)nn2)C1O)[C@@H](C)[C@H](O)[C@@H](C)C(=O)O[C@H](I)[C@@]1(C)OC(=O)N(C)C1C. The van der Waals surface area contributed by atoms with Crippen molar-refractivity contribution in [3.05, 3.63) is 66.2 Å². The third kappa shape index (κ3) is 12.5. The van der Waals surface area contributed by atoms with Gasteiger partial charge in [0.2, 0.25) is 0 Å². The molecule has 2 unspecified atom stereocenters. The molecule has 1 amide bonds. The van der Waals surface area contributed by atoms with Crippen molar-refractivity contribution in [2.45, 2.75) is 152 Å². The van der Waals surface area contributed by atoms with E-state index in [9.17, 15) is 29.0 Å². The molecule has 4 heterocycles. The normalized spacial score (nSPS) is 26.6. The number of alkyl halides is 2. The second kappa shape index (κ2) is 22.9. The Morgan fingerprint density at radius 3 is 2.46 bits per heavy atom. The number of aromatic nitrogens is 4. The van der Waals surface area contributed by atoms with E-state index in [-0.39, 0.29) is 18.3 Å². The molecule has 2 saturated heterocycles. The Labute approximate surface area is 395 Å². The average Bonchev–Trinajstić information content (AvgIpc) is 3.85. The van der Waals surface area contributed by atoms with E-state index in [4.69, 9.17) is 23.7 Å². The van der Waals surface area contributed by atoms with Crippen LogP contribution < -0.4 is 5.32 Å². The number of nitrogens with zero attached hydrogens (tertiary/aromatic N) is 5. The van der Waals surface area contributed by atoms with Crippen molar-refractivity contribution >= 4 is 40.4 Å². The summed E-state index contributed by atoms with van der Waals surface area (Å²) in [6.07, 6.45) is 1.52. The molecule has 0 radical (unpaired) electrons. The lowest BCUT2D eigenvalue weighted by atomic mass is 9.77. The molecule has 65 heavy (non-hydrogen) atoms. The summed E-state index contributed by atoms with van der Waals surface area (Å²) in [5.74, 6) is -3.04. The minimum absolute atomic E-state index is 0.0188. The van der Waals surface area contributed by atoms with Gasteiger partial charge in [-0.25, -0.2) is 13.9 Å². The zero-order valence-electron chi connectivity index (χ0n) is 39.2. The largest absolute Gasteiger partial charge is 0.447 e. The van der Waals surface area contributed by atoms with Gasteiger partial charge in [-0.05, 0) is 99.2 Å². The Morgan fingerprint density at radius 2 is 1.86 bits per heavy atom. The number of nitrogens with one attached hydrogen (secondary N) is 1. The van der Waals surface area contributed by atoms with Gasteiger partial charge in [0.15, 0.2) is 16.0 Å². The lowest BCUT2D eigenvalue weighted by molar-refractivity contribution is -0.296. The van der Waals surface area contributed by atoms with Crippen molar-refractivity contribution in [3.63, 3.8) is 0 Å². The number of likely N-dealkylation sites (N-methyl/N-ethyl adjacent to an activating group) is 1. The number of ketones is 1. The number of pyridine rings is 1. The minimum Gasteiger partial charge on any atom is -0.447 e. The molecule has 2 aromatic heterocycles. The summed E-state index contributed by atoms with van der Waals surface area (Å²) in [4.78, 5) is 44.5. The lowest BCUT2D eigenvalue weighted by Gasteiger charge is -2.47. The zero-order valence-corrected chi connectivity index (χ0v) is 41.4. The molecule has 360 valence electrons. The summed E-state index contributed by atoms with van der Waals surface area (Å²) in [6, 6.07) is 10.4. The van der Waals surface area contributed by atoms with Crippen molar-refractivity contribution in [1.29, 1.82) is 0 Å². The number of aliphatic hydroxyl groups is 2. The van der Waals surface area contributed by atoms with Crippen LogP contribution in [0.25, 0.3) is 11.1 Å². The molecule has 2 fully saturated rings. The van der Waals surface area contributed by atoms with Crippen LogP contribution in [-0.4, -0.2) is 138 Å². The maximum atomic E-state index is 14.4. The van der Waals surface area contributed by atoms with Gasteiger partial charge in [0.05, 0.1) is 47.6 Å². The second-order valence-electron chi connectivity index (χ2n) is 18.2. The van der Waals surface area contributed by atoms with Gasteiger partial charge >= 0.3 is 12.1 Å². The fourth-order valence-corrected chi connectivity index (χ4v) is 9.69. The third-order valence-electron chi connectivity index (χ3n) is 13.5. The number of rotatable bonds is 23. The number of benzene rings is 1. The van der Waals surface area contributed by atoms with E-state index in [0.717, 1.165) is 16.7 Å². The van der Waals surface area contributed by atoms with E-state index >= 15 is 0 Å². The van der Waals surface area contributed by atoms with Gasteiger partial charge in [-0.2, -0.15) is 0 Å². The number of aliphatic hydroxyl groups excluding tert-OH is 2. The fraction of sp³-hybridized carbons (Fsp3) is 0.660. The van der Waals surface area contributed by atoms with Gasteiger partial charge in [0.25, 0.3) is 0 Å². The standard InChI is InChI=1S/C47H68FIN6O10/c1-11-38(56)27(2)23-46(7,61-10)41(29(4)39(57)30(5)42(59)64-44(49)47(8)31(6)54(9)45(60)65-47)63-43-40(58)37(21-28(3)62-43)51-20-18-35-26-55(53-52-35)36(24-48)22-32-14-16-33(17-15-32)34-13-12-19-50-25-34/h12-17,19,25-31,36-37,39-41,43-44,51,57-58H,11,18,20-24H2,1-10H3/t27-,28-,29+,30-,31?,36+,37+,39+,40?,41-,43+,44+,46-,47+/m1/s1. The maximum absolute atomic E-state index is 14.4. The van der Waals surface area contributed by atoms with Crippen LogP contribution in [0.3, 0.4) is 0 Å². The summed E-state index contributed by atoms with van der Waals surface area (Å²) in [7, 11) is 3.11. The first kappa shape index (κ1) is 52.3. The van der Waals surface area contributed by atoms with Crippen molar-refractivity contribution in [3.8, 4) is 11.1 Å². The van der Waals surface area contributed by atoms with E-state index in [0.29, 0.717) is 37.9 Å². The molecule has 14 atom stereocenters. The van der Waals surface area contributed by atoms with Crippen LogP contribution in [0.1, 0.15) is 92.0 Å². The number of carbonyl (C=O) groups is 3. The van der Waals surface area contributed by atoms with Gasteiger partial charge in [-0.15, -0.1) is 5.10 Å². The van der Waals surface area contributed by atoms with Gasteiger partial charge in [-0.3, -0.25) is 14.6 Å². The predicted molar refractivity (Wildman–Crippen MR) is 249 cm³/mol. The van der Waals surface area contributed by atoms with Gasteiger partial charge in [-0.1, -0.05) is 56.3 Å². The number of esters is 1. The Morgan fingerprint density at radius 1 is 1.15 bits per heavy atom. The van der Waals surface area contributed by atoms with Crippen LogP contribution in [0.4, 0.5) is 9.18 Å². The van der Waals surface area contributed by atoms with Crippen LogP contribution in [0.2, 0.25) is 0 Å². The smallest absolute Gasteiger partial charge is 0.410 e. The number of hydrogen-bond acceptors (Lipinski definition) is 14. The number of hydrogen-bond donors (Lipinski definition) is 3. The van der Waals surface area contributed by atoms with Crippen LogP contribution in [-0.2, 0) is 46.1 Å². The van der Waals surface area contributed by atoms with Gasteiger partial charge < -0.3 is 44.1 Å². The molecule has 3 aromatic rings. The Hall–Kier alpha value is -3.66. The molecule has 1 aromatic carbocycles. The molecule has 16 nitrogen and oxygen atoms in total. The number of carbonyl (C=O) groups excluding carboxylic acids is 3. The van der Waals surface area contributed by atoms with Crippen LogP contribution in [0.15, 0.2) is 55.0 Å². The summed E-state index contributed by atoms with van der Waals surface area (Å²) in [5, 5.41) is 35.7. The highest BCUT2D eigenvalue weighted by molar-refractivity contribution is 14.1. The molecule has 2 aliphatic rings. The topological polar surface area (TPSA) is 197 Å². The lowest BCUT2D eigenvalue weighted by Crippen LogP contribution is -2.60. The first-order valence-corrected chi connectivity index (χ1v) is 23.8. The number of halogens is 2. The molecule has 0 bridgehead atoms. The van der Waals surface area contributed by atoms with Crippen molar-refractivity contribution in [2.75, 3.05) is 27.4 Å². The average molecular weight is 1020 g/mol. The number of methoxy groups -OCH3 is 1. The molecule has 0 aliphatic carbocycles. The minimum atomic E-state index is -1.35. The Bertz CT molecular complexity index is 2020. The van der Waals surface area contributed by atoms with Crippen molar-refractivity contribution in [2.24, 2.45) is 17.8 Å². The highest BCUT2D eigenvalue weighted by Crippen LogP contribution is 2.39. The van der Waals surface area contributed by atoms with Crippen LogP contribution in [0, 0.1) is 17.8 Å². The maximum Gasteiger partial charge on any atom is 0.410 e. The summed E-state index contributed by atoms with van der Waals surface area (Å²) in [5.41, 5.74) is 1.31. The Balaban J connectivity index is 1.25. The Kier molecular flexibility index (Phi) is 18.4. The fourth-order valence-electron chi connectivity index (χ4n) is 8.80. The van der Waals surface area contributed by atoms with E-state index < -0.39 is 94.5 Å². The van der Waals surface area contributed by atoms with E-state index in [1.165, 1.54) is 12.0 Å². The van der Waals surface area contributed by atoms with E-state index in [1.807, 2.05) is 72.8 Å². The predicted octanol–water partition coefficient (Wildman–Crippen LogP) is 6.05. The molecule has 0 spiro atoms. The molecule has 2 aliphatic heterocycles. The molecular formula is C47H68FIN6O10. The van der Waals surface area contributed by atoms with Gasteiger partial charge in [0.1, 0.15) is 18.6 Å². The molecule has 18 heteroatoms. The van der Waals surface area contributed by atoms with E-state index in [1.54, 1.807) is 71.9 Å². The van der Waals surface area contributed by atoms with Crippen molar-refractivity contribution < 1.29 is 52.7 Å². The van der Waals surface area contributed by atoms with Crippen LogP contribution >= 0.6 is 22.6 Å². The summed E-state index contributed by atoms with van der Waals surface area (Å²) in [6.45, 7) is 13.8. The molecule has 5 rings (SSSR count). The van der Waals surface area contributed by atoms with Gasteiger partial charge in [0, 0.05) is 70.0 Å². The highest BCUT2D eigenvalue weighted by atomic mass is 127. The quantitative estimate of drug-likeness (QED) is 0.0564. The number of cyclic esters (lactones) is 1. The monoisotopic (exact) mass is 1020 g/mol. The number of ether oxygens (including phenoxy) is 5. The summed E-state index contributed by atoms with van der Waals surface area (Å²) < 4.78 is 45.5. The first-order chi connectivity index (χ1) is 30.8. The van der Waals surface area contributed by atoms with Crippen molar-refractivity contribution in [1.82, 2.24) is 30.2 Å². The first-order valence-electron chi connectivity index (χ1n) is 22.5. The van der Waals surface area contributed by atoms with Crippen LogP contribution in [0.5, 0.6) is 0 Å². The molecular weight excluding hydrogens is 954 g/mol. The number of Topliss-reactive ketones (excluding diaryl/α,β-unsaturated/α-hetero) is 1. The summed E-state index contributed by atoms with van der Waals surface area (Å²) >= 11 is 1.93. The second-order valence-corrected chi connectivity index (χ2v) is 19.4. The highest BCUT2D eigenvalue weighted by Gasteiger charge is 2.54. The molecule has 0 saturated carbocycles. The third-order valence-corrected chi connectivity index (χ3v) is 15.0. The zero-order chi connectivity index (χ0) is 47.8. The molecule has 3 N–H and O–H groups in total.